The van der Waals surface area contributed by atoms with E-state index in [1.165, 1.54) is 12.3 Å². The third-order valence-corrected chi connectivity index (χ3v) is 4.15. The van der Waals surface area contributed by atoms with Crippen molar-refractivity contribution in [2.45, 2.75) is 13.0 Å². The lowest BCUT2D eigenvalue weighted by molar-refractivity contribution is 0.211. The number of nitrogens with zero attached hydrogens (tertiary/aromatic N) is 3. The summed E-state index contributed by atoms with van der Waals surface area (Å²) in [7, 11) is 1.81. The van der Waals surface area contributed by atoms with Crippen LogP contribution in [0.15, 0.2) is 30.6 Å². The van der Waals surface area contributed by atoms with Crippen LogP contribution in [0.5, 0.6) is 0 Å². The van der Waals surface area contributed by atoms with Crippen LogP contribution in [0.25, 0.3) is 11.1 Å². The summed E-state index contributed by atoms with van der Waals surface area (Å²) < 4.78 is 13.4. The monoisotopic (exact) mass is 283 g/mol. The summed E-state index contributed by atoms with van der Waals surface area (Å²) in [5, 5.41) is 0. The number of pyridine rings is 1. The van der Waals surface area contributed by atoms with Crippen molar-refractivity contribution in [3.05, 3.63) is 47.5 Å². The number of amides is 2. The van der Waals surface area contributed by atoms with Gasteiger partial charge in [-0.3, -0.25) is 9.88 Å². The minimum atomic E-state index is -0.337. The zero-order chi connectivity index (χ0) is 14.6. The molecule has 2 aliphatic heterocycles. The van der Waals surface area contributed by atoms with E-state index in [4.69, 9.17) is 0 Å². The molecular formula is C16H14FN3O. The molecule has 106 valence electrons. The van der Waals surface area contributed by atoms with Gasteiger partial charge >= 0.3 is 6.03 Å². The van der Waals surface area contributed by atoms with Crippen molar-refractivity contribution in [1.29, 1.82) is 0 Å². The SMILES string of the molecule is CN1Cc2cc(-c3cncc(F)c3)cc3c2N(CC3)C1=O. The first-order valence-corrected chi connectivity index (χ1v) is 6.93. The van der Waals surface area contributed by atoms with Gasteiger partial charge in [0.1, 0.15) is 5.82 Å². The van der Waals surface area contributed by atoms with Gasteiger partial charge in [0, 0.05) is 31.9 Å². The smallest absolute Gasteiger partial charge is 0.323 e. The summed E-state index contributed by atoms with van der Waals surface area (Å²) in [6, 6.07) is 5.64. The number of anilines is 1. The lowest BCUT2D eigenvalue weighted by atomic mass is 9.97. The quantitative estimate of drug-likeness (QED) is 0.807. The van der Waals surface area contributed by atoms with Crippen LogP contribution in [0.4, 0.5) is 14.9 Å². The molecule has 0 atom stereocenters. The fourth-order valence-electron chi connectivity index (χ4n) is 3.22. The van der Waals surface area contributed by atoms with Gasteiger partial charge in [0.25, 0.3) is 0 Å². The molecule has 4 rings (SSSR count). The van der Waals surface area contributed by atoms with Crippen molar-refractivity contribution >= 4 is 11.7 Å². The maximum Gasteiger partial charge on any atom is 0.324 e. The van der Waals surface area contributed by atoms with Crippen molar-refractivity contribution < 1.29 is 9.18 Å². The standard InChI is InChI=1S/C16H14FN3O/c1-19-9-13-5-11(12-6-14(17)8-18-7-12)4-10-2-3-20(15(10)13)16(19)21/h4-8H,2-3,9H2,1H3. The summed E-state index contributed by atoms with van der Waals surface area (Å²) in [6.07, 6.45) is 3.72. The van der Waals surface area contributed by atoms with E-state index >= 15 is 0 Å². The van der Waals surface area contributed by atoms with E-state index in [-0.39, 0.29) is 11.8 Å². The van der Waals surface area contributed by atoms with Crippen LogP contribution < -0.4 is 4.90 Å². The Morgan fingerprint density at radius 1 is 1.14 bits per heavy atom. The zero-order valence-corrected chi connectivity index (χ0v) is 11.6. The second-order valence-electron chi connectivity index (χ2n) is 5.58. The van der Waals surface area contributed by atoms with Crippen LogP contribution in [0.1, 0.15) is 11.1 Å². The van der Waals surface area contributed by atoms with E-state index in [0.717, 1.165) is 40.9 Å². The lowest BCUT2D eigenvalue weighted by Crippen LogP contribution is -2.43. The molecule has 0 bridgehead atoms. The molecule has 3 heterocycles. The van der Waals surface area contributed by atoms with Gasteiger partial charge in [0.2, 0.25) is 0 Å². The first kappa shape index (κ1) is 12.3. The Bertz CT molecular complexity index is 759. The normalized spacial score (nSPS) is 16.4. The first-order valence-electron chi connectivity index (χ1n) is 6.93. The Balaban J connectivity index is 1.88. The van der Waals surface area contributed by atoms with Crippen LogP contribution >= 0.6 is 0 Å². The molecule has 0 aliphatic carbocycles. The molecule has 2 amide bonds. The molecule has 1 aromatic heterocycles. The minimum Gasteiger partial charge on any atom is -0.323 e. The molecule has 1 aromatic carbocycles. The Morgan fingerprint density at radius 2 is 1.95 bits per heavy atom. The van der Waals surface area contributed by atoms with E-state index in [9.17, 15) is 9.18 Å². The minimum absolute atomic E-state index is 0.0569. The van der Waals surface area contributed by atoms with E-state index < -0.39 is 0 Å². The summed E-state index contributed by atoms with van der Waals surface area (Å²) in [6.45, 7) is 1.31. The number of halogens is 1. The number of hydrogen-bond acceptors (Lipinski definition) is 2. The van der Waals surface area contributed by atoms with Crippen molar-refractivity contribution in [3.63, 3.8) is 0 Å². The predicted octanol–water partition coefficient (Wildman–Crippen LogP) is 2.82. The maximum atomic E-state index is 13.4. The van der Waals surface area contributed by atoms with Gasteiger partial charge in [0.05, 0.1) is 11.9 Å². The van der Waals surface area contributed by atoms with E-state index in [2.05, 4.69) is 4.98 Å². The van der Waals surface area contributed by atoms with Crippen molar-refractivity contribution in [1.82, 2.24) is 9.88 Å². The van der Waals surface area contributed by atoms with Gasteiger partial charge in [-0.05, 0) is 41.3 Å². The molecule has 0 saturated heterocycles. The average Bonchev–Trinajstić information content (AvgIpc) is 2.89. The topological polar surface area (TPSA) is 36.4 Å². The van der Waals surface area contributed by atoms with Crippen molar-refractivity contribution in [2.24, 2.45) is 0 Å². The highest BCUT2D eigenvalue weighted by atomic mass is 19.1. The number of aromatic nitrogens is 1. The number of hydrogen-bond donors (Lipinski definition) is 0. The molecule has 0 N–H and O–H groups in total. The number of urea groups is 1. The average molecular weight is 283 g/mol. The largest absolute Gasteiger partial charge is 0.324 e. The van der Waals surface area contributed by atoms with E-state index in [0.29, 0.717) is 6.54 Å². The van der Waals surface area contributed by atoms with Crippen molar-refractivity contribution in [3.8, 4) is 11.1 Å². The summed E-state index contributed by atoms with van der Waals surface area (Å²) in [5.74, 6) is -0.337. The number of carbonyl (C=O) groups excluding carboxylic acids is 1. The Hall–Kier alpha value is -2.43. The fraction of sp³-hybridized carbons (Fsp3) is 0.250. The number of carbonyl (C=O) groups is 1. The molecular weight excluding hydrogens is 269 g/mol. The van der Waals surface area contributed by atoms with E-state index in [1.54, 1.807) is 18.1 Å². The molecule has 2 aromatic rings. The van der Waals surface area contributed by atoms with Gasteiger partial charge < -0.3 is 4.90 Å². The van der Waals surface area contributed by atoms with Crippen molar-refractivity contribution in [2.75, 3.05) is 18.5 Å². The van der Waals surface area contributed by atoms with Gasteiger partial charge in [-0.1, -0.05) is 0 Å². The summed E-state index contributed by atoms with van der Waals surface area (Å²) in [5.41, 5.74) is 5.05. The molecule has 5 heteroatoms. The summed E-state index contributed by atoms with van der Waals surface area (Å²) in [4.78, 5) is 19.6. The van der Waals surface area contributed by atoms with Gasteiger partial charge in [-0.15, -0.1) is 0 Å². The van der Waals surface area contributed by atoms with Gasteiger partial charge in [0.15, 0.2) is 0 Å². The Kier molecular flexibility index (Phi) is 2.51. The molecule has 0 saturated carbocycles. The highest BCUT2D eigenvalue weighted by Crippen LogP contribution is 2.39. The first-order chi connectivity index (χ1) is 10.1. The van der Waals surface area contributed by atoms with Crippen LogP contribution in [-0.4, -0.2) is 29.5 Å². The molecule has 0 fully saturated rings. The fourth-order valence-corrected chi connectivity index (χ4v) is 3.22. The highest BCUT2D eigenvalue weighted by Gasteiger charge is 2.34. The molecule has 2 aliphatic rings. The van der Waals surface area contributed by atoms with Crippen LogP contribution in [-0.2, 0) is 13.0 Å². The molecule has 21 heavy (non-hydrogen) atoms. The third-order valence-electron chi connectivity index (χ3n) is 4.15. The second kappa shape index (κ2) is 4.28. The molecule has 4 nitrogen and oxygen atoms in total. The molecule has 0 radical (unpaired) electrons. The Labute approximate surface area is 121 Å². The highest BCUT2D eigenvalue weighted by molar-refractivity contribution is 5.97. The van der Waals surface area contributed by atoms with Gasteiger partial charge in [-0.2, -0.15) is 0 Å². The van der Waals surface area contributed by atoms with Crippen LogP contribution in [0.2, 0.25) is 0 Å². The number of benzene rings is 1. The molecule has 0 unspecified atom stereocenters. The van der Waals surface area contributed by atoms with Crippen LogP contribution in [0, 0.1) is 5.82 Å². The Morgan fingerprint density at radius 3 is 2.76 bits per heavy atom. The zero-order valence-electron chi connectivity index (χ0n) is 11.6. The lowest BCUT2D eigenvalue weighted by Gasteiger charge is -2.32. The summed E-state index contributed by atoms with van der Waals surface area (Å²) >= 11 is 0. The maximum absolute atomic E-state index is 13.4. The number of rotatable bonds is 1. The van der Waals surface area contributed by atoms with Gasteiger partial charge in [-0.25, -0.2) is 9.18 Å². The van der Waals surface area contributed by atoms with E-state index in [1.807, 2.05) is 17.0 Å². The third kappa shape index (κ3) is 1.81. The second-order valence-corrected chi connectivity index (χ2v) is 5.58. The molecule has 0 spiro atoms. The van der Waals surface area contributed by atoms with Crippen LogP contribution in [0.3, 0.4) is 0 Å². The predicted molar refractivity (Wildman–Crippen MR) is 77.5 cm³/mol.